The van der Waals surface area contributed by atoms with E-state index in [1.807, 2.05) is 18.2 Å². The Kier molecular flexibility index (Phi) is 2.29. The van der Waals surface area contributed by atoms with E-state index in [0.29, 0.717) is 6.42 Å². The number of esters is 1. The number of carbonyl (C=O) groups excluding carboxylic acids is 1. The molecule has 1 aromatic rings. The Balaban J connectivity index is 1.95. The van der Waals surface area contributed by atoms with Gasteiger partial charge >= 0.3 is 5.97 Å². The van der Waals surface area contributed by atoms with Gasteiger partial charge in [0.15, 0.2) is 5.75 Å². The van der Waals surface area contributed by atoms with Gasteiger partial charge in [-0.05, 0) is 6.07 Å². The zero-order valence-corrected chi connectivity index (χ0v) is 9.03. The lowest BCUT2D eigenvalue weighted by molar-refractivity contribution is -0.131. The molecule has 4 heteroatoms. The van der Waals surface area contributed by atoms with E-state index in [-0.39, 0.29) is 5.97 Å². The monoisotopic (exact) mass is 218 g/mol. The van der Waals surface area contributed by atoms with Gasteiger partial charge in [-0.1, -0.05) is 12.1 Å². The van der Waals surface area contributed by atoms with E-state index in [4.69, 9.17) is 4.74 Å². The van der Waals surface area contributed by atoms with Crippen LogP contribution in [0.15, 0.2) is 18.2 Å². The maximum absolute atomic E-state index is 11.3. The second kappa shape index (κ2) is 3.79. The van der Waals surface area contributed by atoms with Gasteiger partial charge in [-0.2, -0.15) is 0 Å². The molecule has 3 rings (SSSR count). The van der Waals surface area contributed by atoms with Crippen LogP contribution in [0.2, 0.25) is 0 Å². The van der Waals surface area contributed by atoms with E-state index < -0.39 is 0 Å². The van der Waals surface area contributed by atoms with E-state index in [9.17, 15) is 4.79 Å². The van der Waals surface area contributed by atoms with Crippen LogP contribution in [-0.4, -0.2) is 32.1 Å². The number of benzene rings is 1. The molecule has 0 aromatic heterocycles. The third-order valence-corrected chi connectivity index (χ3v) is 3.08. The van der Waals surface area contributed by atoms with Crippen molar-refractivity contribution in [1.29, 1.82) is 0 Å². The minimum Gasteiger partial charge on any atom is -0.424 e. The number of hydrogen-bond acceptors (Lipinski definition) is 4. The number of piperazine rings is 1. The third-order valence-electron chi connectivity index (χ3n) is 3.08. The number of ether oxygens (including phenoxy) is 1. The fourth-order valence-corrected chi connectivity index (χ4v) is 2.29. The van der Waals surface area contributed by atoms with E-state index in [1.54, 1.807) is 0 Å². The summed E-state index contributed by atoms with van der Waals surface area (Å²) in [6.45, 7) is 3.90. The van der Waals surface area contributed by atoms with Gasteiger partial charge in [0.1, 0.15) is 0 Å². The van der Waals surface area contributed by atoms with Crippen LogP contribution in [0.25, 0.3) is 0 Å². The van der Waals surface area contributed by atoms with E-state index in [1.165, 1.54) is 0 Å². The summed E-state index contributed by atoms with van der Waals surface area (Å²) in [6, 6.07) is 5.99. The molecule has 1 fully saturated rings. The fourth-order valence-electron chi connectivity index (χ4n) is 2.29. The molecule has 84 valence electrons. The maximum Gasteiger partial charge on any atom is 0.315 e. The Morgan fingerprint density at radius 2 is 2.06 bits per heavy atom. The highest BCUT2D eigenvalue weighted by Gasteiger charge is 2.25. The Labute approximate surface area is 94.2 Å². The molecule has 0 amide bonds. The van der Waals surface area contributed by atoms with Gasteiger partial charge in [0, 0.05) is 31.7 Å². The molecule has 16 heavy (non-hydrogen) atoms. The molecule has 0 saturated carbocycles. The Bertz CT molecular complexity index is 425. The molecule has 2 heterocycles. The summed E-state index contributed by atoms with van der Waals surface area (Å²) in [7, 11) is 0. The lowest BCUT2D eigenvalue weighted by Gasteiger charge is -2.30. The molecule has 1 aromatic carbocycles. The van der Waals surface area contributed by atoms with Crippen LogP contribution in [0.1, 0.15) is 5.56 Å². The van der Waals surface area contributed by atoms with Gasteiger partial charge in [0.2, 0.25) is 0 Å². The first kappa shape index (κ1) is 9.66. The molecule has 0 aliphatic carbocycles. The van der Waals surface area contributed by atoms with Crippen molar-refractivity contribution in [2.24, 2.45) is 0 Å². The van der Waals surface area contributed by atoms with Crippen molar-refractivity contribution in [3.8, 4) is 5.75 Å². The Morgan fingerprint density at radius 1 is 1.25 bits per heavy atom. The Morgan fingerprint density at radius 3 is 2.88 bits per heavy atom. The summed E-state index contributed by atoms with van der Waals surface area (Å²) >= 11 is 0. The van der Waals surface area contributed by atoms with Crippen molar-refractivity contribution in [2.75, 3.05) is 31.1 Å². The summed E-state index contributed by atoms with van der Waals surface area (Å²) in [5, 5.41) is 3.31. The highest BCUT2D eigenvalue weighted by atomic mass is 16.5. The molecular weight excluding hydrogens is 204 g/mol. The molecule has 0 atom stereocenters. The minimum absolute atomic E-state index is 0.141. The highest BCUT2D eigenvalue weighted by molar-refractivity contribution is 5.85. The molecule has 0 unspecified atom stereocenters. The standard InChI is InChI=1S/C12H14N2O2/c15-11-8-9-2-1-3-10(12(9)16-11)14-6-4-13-5-7-14/h1-3,13H,4-8H2. The van der Waals surface area contributed by atoms with Crippen molar-refractivity contribution >= 4 is 11.7 Å². The third kappa shape index (κ3) is 1.55. The molecule has 4 nitrogen and oxygen atoms in total. The predicted molar refractivity (Wildman–Crippen MR) is 60.9 cm³/mol. The fraction of sp³-hybridized carbons (Fsp3) is 0.417. The predicted octanol–water partition coefficient (Wildman–Crippen LogP) is 0.558. The first-order chi connectivity index (χ1) is 7.84. The Hall–Kier alpha value is -1.55. The number of hydrogen-bond donors (Lipinski definition) is 1. The minimum atomic E-state index is -0.141. The van der Waals surface area contributed by atoms with Gasteiger partial charge in [-0.15, -0.1) is 0 Å². The summed E-state index contributed by atoms with van der Waals surface area (Å²) in [5.74, 6) is 0.631. The lowest BCUT2D eigenvalue weighted by atomic mass is 10.1. The number of fused-ring (bicyclic) bond motifs is 1. The van der Waals surface area contributed by atoms with Crippen LogP contribution >= 0.6 is 0 Å². The van der Waals surface area contributed by atoms with E-state index in [2.05, 4.69) is 10.2 Å². The average Bonchev–Trinajstić information content (AvgIpc) is 2.70. The highest BCUT2D eigenvalue weighted by Crippen LogP contribution is 2.36. The summed E-state index contributed by atoms with van der Waals surface area (Å²) in [4.78, 5) is 13.6. The van der Waals surface area contributed by atoms with Crippen molar-refractivity contribution in [3.05, 3.63) is 23.8 Å². The lowest BCUT2D eigenvalue weighted by Crippen LogP contribution is -2.43. The number of para-hydroxylation sites is 1. The van der Waals surface area contributed by atoms with Crippen molar-refractivity contribution < 1.29 is 9.53 Å². The van der Waals surface area contributed by atoms with Gasteiger partial charge in [-0.25, -0.2) is 0 Å². The normalized spacial score (nSPS) is 19.5. The topological polar surface area (TPSA) is 41.6 Å². The molecule has 2 aliphatic heterocycles. The van der Waals surface area contributed by atoms with Crippen LogP contribution in [0.5, 0.6) is 5.75 Å². The number of nitrogens with zero attached hydrogens (tertiary/aromatic N) is 1. The van der Waals surface area contributed by atoms with E-state index in [0.717, 1.165) is 43.2 Å². The zero-order chi connectivity index (χ0) is 11.0. The van der Waals surface area contributed by atoms with Crippen LogP contribution in [0.3, 0.4) is 0 Å². The zero-order valence-electron chi connectivity index (χ0n) is 9.03. The first-order valence-electron chi connectivity index (χ1n) is 5.63. The van der Waals surface area contributed by atoms with Crippen LogP contribution < -0.4 is 15.0 Å². The molecule has 2 aliphatic rings. The van der Waals surface area contributed by atoms with Gasteiger partial charge in [-0.3, -0.25) is 4.79 Å². The maximum atomic E-state index is 11.3. The summed E-state index contributed by atoms with van der Waals surface area (Å²) in [5.41, 5.74) is 2.07. The second-order valence-corrected chi connectivity index (χ2v) is 4.15. The molecule has 0 spiro atoms. The second-order valence-electron chi connectivity index (χ2n) is 4.15. The van der Waals surface area contributed by atoms with E-state index >= 15 is 0 Å². The van der Waals surface area contributed by atoms with Gasteiger partial charge in [0.25, 0.3) is 0 Å². The van der Waals surface area contributed by atoms with Crippen LogP contribution in [0, 0.1) is 0 Å². The largest absolute Gasteiger partial charge is 0.424 e. The van der Waals surface area contributed by atoms with Crippen molar-refractivity contribution in [1.82, 2.24) is 5.32 Å². The van der Waals surface area contributed by atoms with Gasteiger partial charge in [0.05, 0.1) is 12.1 Å². The molecule has 1 saturated heterocycles. The molecule has 1 N–H and O–H groups in total. The molecule has 0 bridgehead atoms. The number of carbonyl (C=O) groups is 1. The van der Waals surface area contributed by atoms with Crippen molar-refractivity contribution in [2.45, 2.75) is 6.42 Å². The molecule has 0 radical (unpaired) electrons. The number of rotatable bonds is 1. The smallest absolute Gasteiger partial charge is 0.315 e. The summed E-state index contributed by atoms with van der Waals surface area (Å²) < 4.78 is 5.29. The SMILES string of the molecule is O=C1Cc2cccc(N3CCNCC3)c2O1. The van der Waals surface area contributed by atoms with Crippen molar-refractivity contribution in [3.63, 3.8) is 0 Å². The number of nitrogens with one attached hydrogen (secondary N) is 1. The van der Waals surface area contributed by atoms with Crippen LogP contribution in [0.4, 0.5) is 5.69 Å². The number of anilines is 1. The quantitative estimate of drug-likeness (QED) is 0.552. The first-order valence-corrected chi connectivity index (χ1v) is 5.63. The summed E-state index contributed by atoms with van der Waals surface area (Å²) in [6.07, 6.45) is 0.412. The average molecular weight is 218 g/mol. The van der Waals surface area contributed by atoms with Crippen LogP contribution in [-0.2, 0) is 11.2 Å². The van der Waals surface area contributed by atoms with Gasteiger partial charge < -0.3 is 15.0 Å². The molecular formula is C12H14N2O2.